The number of ether oxygens (including phenoxy) is 1. The highest BCUT2D eigenvalue weighted by atomic mass is 35.5. The van der Waals surface area contributed by atoms with Crippen LogP contribution in [0.25, 0.3) is 0 Å². The molecule has 4 nitrogen and oxygen atoms in total. The molecular weight excluding hydrogens is 298 g/mol. The van der Waals surface area contributed by atoms with E-state index >= 15 is 0 Å². The fraction of sp³-hybridized carbons (Fsp3) is 0.529. The second-order valence-corrected chi connectivity index (χ2v) is 6.95. The highest BCUT2D eigenvalue weighted by Crippen LogP contribution is 2.33. The monoisotopic (exact) mass is 321 g/mol. The summed E-state index contributed by atoms with van der Waals surface area (Å²) < 4.78 is 7.98. The Balaban J connectivity index is 2.31. The molecule has 1 aromatic heterocycles. The van der Waals surface area contributed by atoms with Gasteiger partial charge in [0.25, 0.3) is 0 Å². The van der Waals surface area contributed by atoms with Crippen molar-refractivity contribution in [3.63, 3.8) is 0 Å². The van der Waals surface area contributed by atoms with E-state index in [-0.39, 0.29) is 17.6 Å². The summed E-state index contributed by atoms with van der Waals surface area (Å²) in [4.78, 5) is 4.10. The molecule has 0 N–H and O–H groups in total. The first-order chi connectivity index (χ1) is 10.4. The Hall–Kier alpha value is -1.39. The van der Waals surface area contributed by atoms with E-state index < -0.39 is 0 Å². The van der Waals surface area contributed by atoms with Crippen LogP contribution in [-0.4, -0.2) is 27.5 Å². The summed E-state index contributed by atoms with van der Waals surface area (Å²) >= 11 is 5.98. The predicted octanol–water partition coefficient (Wildman–Crippen LogP) is 4.17. The van der Waals surface area contributed by atoms with Gasteiger partial charge in [0.15, 0.2) is 0 Å². The Labute approximate surface area is 137 Å². The highest BCUT2D eigenvalue weighted by molar-refractivity contribution is 6.30. The Kier molecular flexibility index (Phi) is 5.59. The molecule has 5 heteroatoms. The van der Waals surface area contributed by atoms with Crippen molar-refractivity contribution in [3.05, 3.63) is 47.5 Å². The minimum Gasteiger partial charge on any atom is -0.376 e. The molecule has 0 radical (unpaired) electrons. The fourth-order valence-electron chi connectivity index (χ4n) is 2.71. The van der Waals surface area contributed by atoms with Gasteiger partial charge in [0.1, 0.15) is 12.7 Å². The molecule has 22 heavy (non-hydrogen) atoms. The molecule has 1 aromatic carbocycles. The van der Waals surface area contributed by atoms with E-state index in [9.17, 15) is 0 Å². The van der Waals surface area contributed by atoms with Crippen LogP contribution >= 0.6 is 11.6 Å². The van der Waals surface area contributed by atoms with E-state index in [1.165, 1.54) is 5.56 Å². The summed E-state index contributed by atoms with van der Waals surface area (Å²) in [6.45, 7) is 9.28. The lowest BCUT2D eigenvalue weighted by molar-refractivity contribution is -0.0482. The van der Waals surface area contributed by atoms with Gasteiger partial charge in [0.2, 0.25) is 0 Å². The molecular formula is C17H24ClN3O. The molecule has 120 valence electrons. The molecule has 0 aliphatic heterocycles. The van der Waals surface area contributed by atoms with Gasteiger partial charge in [-0.05, 0) is 36.5 Å². The summed E-state index contributed by atoms with van der Waals surface area (Å²) in [6, 6.07) is 8.03. The van der Waals surface area contributed by atoms with Crippen molar-refractivity contribution in [2.45, 2.75) is 46.3 Å². The van der Waals surface area contributed by atoms with Gasteiger partial charge in [-0.25, -0.2) is 9.67 Å². The van der Waals surface area contributed by atoms with Gasteiger partial charge in [0.05, 0.1) is 12.1 Å². The molecule has 2 rings (SSSR count). The Bertz CT molecular complexity index is 561. The van der Waals surface area contributed by atoms with Crippen molar-refractivity contribution in [1.29, 1.82) is 0 Å². The van der Waals surface area contributed by atoms with Crippen molar-refractivity contribution < 1.29 is 4.74 Å². The van der Waals surface area contributed by atoms with Gasteiger partial charge in [-0.15, -0.1) is 0 Å². The molecule has 2 aromatic rings. The first-order valence-electron chi connectivity index (χ1n) is 7.62. The number of hydrogen-bond acceptors (Lipinski definition) is 3. The van der Waals surface area contributed by atoms with E-state index in [1.54, 1.807) is 12.7 Å². The van der Waals surface area contributed by atoms with E-state index in [0.717, 1.165) is 11.4 Å². The van der Waals surface area contributed by atoms with Crippen LogP contribution in [0.1, 0.15) is 39.3 Å². The van der Waals surface area contributed by atoms with E-state index in [1.807, 2.05) is 23.7 Å². The van der Waals surface area contributed by atoms with Crippen molar-refractivity contribution in [3.8, 4) is 0 Å². The molecule has 0 spiro atoms. The van der Waals surface area contributed by atoms with Crippen LogP contribution < -0.4 is 0 Å². The minimum atomic E-state index is -0.000940. The van der Waals surface area contributed by atoms with Gasteiger partial charge >= 0.3 is 0 Å². The van der Waals surface area contributed by atoms with Crippen LogP contribution in [0.4, 0.5) is 0 Å². The molecule has 0 saturated heterocycles. The number of aromatic nitrogens is 3. The zero-order valence-corrected chi connectivity index (χ0v) is 14.4. The average molecular weight is 322 g/mol. The summed E-state index contributed by atoms with van der Waals surface area (Å²) in [5.74, 6) is 0. The number of halogens is 1. The molecule has 0 amide bonds. The number of hydrogen-bond donors (Lipinski definition) is 0. The first-order valence-corrected chi connectivity index (χ1v) is 7.99. The lowest BCUT2D eigenvalue weighted by Crippen LogP contribution is -2.39. The third kappa shape index (κ3) is 4.31. The SMILES string of the molecule is CCOC(C(Cc1ccc(Cl)cc1)n1cncn1)C(C)(C)C. The molecule has 1 heterocycles. The molecule has 0 aliphatic carbocycles. The molecule has 0 aliphatic rings. The lowest BCUT2D eigenvalue weighted by atomic mass is 9.82. The molecule has 0 fully saturated rings. The van der Waals surface area contributed by atoms with Gasteiger partial charge in [-0.3, -0.25) is 0 Å². The van der Waals surface area contributed by atoms with E-state index in [0.29, 0.717) is 6.61 Å². The summed E-state index contributed by atoms with van der Waals surface area (Å²) in [5, 5.41) is 5.09. The van der Waals surface area contributed by atoms with Crippen LogP contribution in [0.2, 0.25) is 5.02 Å². The Morgan fingerprint density at radius 1 is 1.23 bits per heavy atom. The third-order valence-electron chi connectivity index (χ3n) is 3.68. The Morgan fingerprint density at radius 3 is 2.41 bits per heavy atom. The molecule has 2 unspecified atom stereocenters. The summed E-state index contributed by atoms with van der Waals surface area (Å²) in [6.07, 6.45) is 4.19. The lowest BCUT2D eigenvalue weighted by Gasteiger charge is -2.36. The fourth-order valence-corrected chi connectivity index (χ4v) is 2.83. The molecule has 0 saturated carbocycles. The van der Waals surface area contributed by atoms with Crippen LogP contribution in [0.3, 0.4) is 0 Å². The summed E-state index contributed by atoms with van der Waals surface area (Å²) in [7, 11) is 0. The number of rotatable bonds is 6. The van der Waals surface area contributed by atoms with Crippen LogP contribution in [0.15, 0.2) is 36.9 Å². The topological polar surface area (TPSA) is 39.9 Å². The zero-order chi connectivity index (χ0) is 16.2. The average Bonchev–Trinajstić information content (AvgIpc) is 2.97. The van der Waals surface area contributed by atoms with Crippen LogP contribution in [0, 0.1) is 5.41 Å². The van der Waals surface area contributed by atoms with Crippen LogP contribution in [0.5, 0.6) is 0 Å². The van der Waals surface area contributed by atoms with Gasteiger partial charge in [0, 0.05) is 11.6 Å². The predicted molar refractivity (Wildman–Crippen MR) is 89.1 cm³/mol. The van der Waals surface area contributed by atoms with Gasteiger partial charge in [-0.1, -0.05) is 44.5 Å². The normalized spacial score (nSPS) is 14.8. The first kappa shape index (κ1) is 17.0. The zero-order valence-electron chi connectivity index (χ0n) is 13.7. The third-order valence-corrected chi connectivity index (χ3v) is 3.94. The van der Waals surface area contributed by atoms with E-state index in [2.05, 4.69) is 43.0 Å². The molecule has 0 bridgehead atoms. The smallest absolute Gasteiger partial charge is 0.137 e. The van der Waals surface area contributed by atoms with Gasteiger partial charge in [-0.2, -0.15) is 5.10 Å². The van der Waals surface area contributed by atoms with E-state index in [4.69, 9.17) is 16.3 Å². The van der Waals surface area contributed by atoms with Gasteiger partial charge < -0.3 is 4.74 Å². The van der Waals surface area contributed by atoms with Crippen molar-refractivity contribution >= 4 is 11.6 Å². The Morgan fingerprint density at radius 2 is 1.91 bits per heavy atom. The second-order valence-electron chi connectivity index (χ2n) is 6.52. The summed E-state index contributed by atoms with van der Waals surface area (Å²) in [5.41, 5.74) is 1.21. The molecule has 2 atom stereocenters. The van der Waals surface area contributed by atoms with Crippen molar-refractivity contribution in [1.82, 2.24) is 14.8 Å². The minimum absolute atomic E-state index is 0.000940. The van der Waals surface area contributed by atoms with Crippen molar-refractivity contribution in [2.75, 3.05) is 6.61 Å². The largest absolute Gasteiger partial charge is 0.376 e. The highest BCUT2D eigenvalue weighted by Gasteiger charge is 2.34. The van der Waals surface area contributed by atoms with Crippen LogP contribution in [-0.2, 0) is 11.2 Å². The van der Waals surface area contributed by atoms with Crippen molar-refractivity contribution in [2.24, 2.45) is 5.41 Å². The second kappa shape index (κ2) is 7.25. The number of nitrogens with zero attached hydrogens (tertiary/aromatic N) is 3. The maximum absolute atomic E-state index is 6.07. The quantitative estimate of drug-likeness (QED) is 0.801. The maximum atomic E-state index is 6.07. The maximum Gasteiger partial charge on any atom is 0.137 e. The number of benzene rings is 1. The standard InChI is InChI=1S/C17H24ClN3O/c1-5-22-16(17(2,3)4)15(21-12-19-11-20-21)10-13-6-8-14(18)9-7-13/h6-9,11-12,15-16H,5,10H2,1-4H3.